The van der Waals surface area contributed by atoms with Crippen LogP contribution in [0.4, 0.5) is 0 Å². The van der Waals surface area contributed by atoms with E-state index in [4.69, 9.17) is 11.6 Å². The van der Waals surface area contributed by atoms with Crippen molar-refractivity contribution in [2.24, 2.45) is 0 Å². The Morgan fingerprint density at radius 1 is 1.27 bits per heavy atom. The highest BCUT2D eigenvalue weighted by Gasteiger charge is 2.16. The van der Waals surface area contributed by atoms with E-state index in [1.807, 2.05) is 29.2 Å². The standard InChI is InChI=1S/C16H24ClN3O.ClH/c1-2-19(13-14-3-5-15(17)6-4-14)10-7-16(21)20-11-8-18-9-12-20;/h3-6,18H,2,7-13H2,1H3;1H. The molecule has 1 heterocycles. The molecule has 0 unspecified atom stereocenters. The summed E-state index contributed by atoms with van der Waals surface area (Å²) in [6.45, 7) is 8.24. The number of hydrogen-bond donors (Lipinski definition) is 1. The van der Waals surface area contributed by atoms with Crippen molar-refractivity contribution in [2.45, 2.75) is 19.9 Å². The summed E-state index contributed by atoms with van der Waals surface area (Å²) in [4.78, 5) is 16.4. The largest absolute Gasteiger partial charge is 0.340 e. The fourth-order valence-electron chi connectivity index (χ4n) is 2.52. The average molecular weight is 346 g/mol. The van der Waals surface area contributed by atoms with Crippen LogP contribution >= 0.6 is 24.0 Å². The van der Waals surface area contributed by atoms with Crippen molar-refractivity contribution >= 4 is 29.9 Å². The molecule has 2 rings (SSSR count). The zero-order chi connectivity index (χ0) is 15.1. The summed E-state index contributed by atoms with van der Waals surface area (Å²) < 4.78 is 0. The van der Waals surface area contributed by atoms with E-state index in [0.29, 0.717) is 6.42 Å². The second-order valence-corrected chi connectivity index (χ2v) is 5.81. The van der Waals surface area contributed by atoms with Gasteiger partial charge in [-0.2, -0.15) is 0 Å². The highest BCUT2D eigenvalue weighted by molar-refractivity contribution is 6.30. The Balaban J connectivity index is 0.00000242. The Labute approximate surface area is 144 Å². The molecule has 0 atom stereocenters. The zero-order valence-electron chi connectivity index (χ0n) is 13.1. The van der Waals surface area contributed by atoms with E-state index >= 15 is 0 Å². The molecule has 1 aliphatic heterocycles. The summed E-state index contributed by atoms with van der Waals surface area (Å²) in [5.74, 6) is 0.269. The molecule has 1 aliphatic rings. The molecule has 22 heavy (non-hydrogen) atoms. The van der Waals surface area contributed by atoms with Crippen LogP contribution in [0.2, 0.25) is 5.02 Å². The fourth-order valence-corrected chi connectivity index (χ4v) is 2.65. The number of nitrogens with zero attached hydrogens (tertiary/aromatic N) is 2. The second-order valence-electron chi connectivity index (χ2n) is 5.38. The average Bonchev–Trinajstić information content (AvgIpc) is 2.53. The van der Waals surface area contributed by atoms with Crippen molar-refractivity contribution in [3.63, 3.8) is 0 Å². The minimum atomic E-state index is 0. The molecule has 0 radical (unpaired) electrons. The molecule has 0 aromatic heterocycles. The van der Waals surface area contributed by atoms with Crippen LogP contribution in [0, 0.1) is 0 Å². The summed E-state index contributed by atoms with van der Waals surface area (Å²) in [5.41, 5.74) is 1.23. The van der Waals surface area contributed by atoms with Gasteiger partial charge in [0.2, 0.25) is 5.91 Å². The Hall–Kier alpha value is -0.810. The van der Waals surface area contributed by atoms with Gasteiger partial charge in [-0.15, -0.1) is 12.4 Å². The van der Waals surface area contributed by atoms with Gasteiger partial charge in [0.15, 0.2) is 0 Å². The minimum Gasteiger partial charge on any atom is -0.340 e. The summed E-state index contributed by atoms with van der Waals surface area (Å²) in [6.07, 6.45) is 0.599. The summed E-state index contributed by atoms with van der Waals surface area (Å²) in [7, 11) is 0. The summed E-state index contributed by atoms with van der Waals surface area (Å²) in [5, 5.41) is 4.03. The van der Waals surface area contributed by atoms with Gasteiger partial charge in [0.05, 0.1) is 0 Å². The molecule has 1 N–H and O–H groups in total. The molecular weight excluding hydrogens is 321 g/mol. The van der Waals surface area contributed by atoms with Crippen LogP contribution in [0.1, 0.15) is 18.9 Å². The number of hydrogen-bond acceptors (Lipinski definition) is 3. The normalized spacial score (nSPS) is 14.8. The first-order valence-corrected chi connectivity index (χ1v) is 8.02. The Kier molecular flexibility index (Phi) is 8.79. The first-order valence-electron chi connectivity index (χ1n) is 7.64. The van der Waals surface area contributed by atoms with Crippen molar-refractivity contribution in [1.82, 2.24) is 15.1 Å². The van der Waals surface area contributed by atoms with Gasteiger partial charge in [-0.3, -0.25) is 9.69 Å². The van der Waals surface area contributed by atoms with Gasteiger partial charge >= 0.3 is 0 Å². The van der Waals surface area contributed by atoms with Gasteiger partial charge in [0.25, 0.3) is 0 Å². The third-order valence-corrected chi connectivity index (χ3v) is 4.13. The summed E-state index contributed by atoms with van der Waals surface area (Å²) in [6, 6.07) is 7.92. The Morgan fingerprint density at radius 2 is 1.91 bits per heavy atom. The molecule has 124 valence electrons. The maximum Gasteiger partial charge on any atom is 0.223 e. The van der Waals surface area contributed by atoms with E-state index in [0.717, 1.165) is 50.8 Å². The number of amides is 1. The van der Waals surface area contributed by atoms with Gasteiger partial charge in [0.1, 0.15) is 0 Å². The number of benzene rings is 1. The molecule has 6 heteroatoms. The van der Waals surface area contributed by atoms with Crippen molar-refractivity contribution in [3.05, 3.63) is 34.9 Å². The predicted molar refractivity (Wildman–Crippen MR) is 93.7 cm³/mol. The molecule has 0 saturated carbocycles. The molecule has 0 aliphatic carbocycles. The van der Waals surface area contributed by atoms with Crippen molar-refractivity contribution in [2.75, 3.05) is 39.3 Å². The van der Waals surface area contributed by atoms with E-state index in [2.05, 4.69) is 17.1 Å². The van der Waals surface area contributed by atoms with Crippen LogP contribution in [-0.2, 0) is 11.3 Å². The molecule has 1 aromatic carbocycles. The third kappa shape index (κ3) is 6.13. The zero-order valence-corrected chi connectivity index (χ0v) is 14.6. The van der Waals surface area contributed by atoms with Gasteiger partial charge in [-0.1, -0.05) is 30.7 Å². The van der Waals surface area contributed by atoms with E-state index in [1.54, 1.807) is 0 Å². The maximum atomic E-state index is 12.2. The number of piperazine rings is 1. The minimum absolute atomic E-state index is 0. The first kappa shape index (κ1) is 19.2. The second kappa shape index (κ2) is 10.1. The van der Waals surface area contributed by atoms with Crippen LogP contribution in [0.25, 0.3) is 0 Å². The topological polar surface area (TPSA) is 35.6 Å². The Bertz CT molecular complexity index is 447. The Morgan fingerprint density at radius 3 is 2.50 bits per heavy atom. The van der Waals surface area contributed by atoms with Crippen LogP contribution in [0.15, 0.2) is 24.3 Å². The fraction of sp³-hybridized carbons (Fsp3) is 0.562. The molecule has 1 fully saturated rings. The molecular formula is C16H25Cl2N3O. The first-order chi connectivity index (χ1) is 10.2. The van der Waals surface area contributed by atoms with Crippen molar-refractivity contribution in [1.29, 1.82) is 0 Å². The monoisotopic (exact) mass is 345 g/mol. The maximum absolute atomic E-state index is 12.2. The lowest BCUT2D eigenvalue weighted by atomic mass is 10.2. The smallest absolute Gasteiger partial charge is 0.223 e. The lowest BCUT2D eigenvalue weighted by Gasteiger charge is -2.28. The number of carbonyl (C=O) groups is 1. The third-order valence-electron chi connectivity index (χ3n) is 3.88. The van der Waals surface area contributed by atoms with Gasteiger partial charge in [0, 0.05) is 50.7 Å². The molecule has 0 spiro atoms. The van der Waals surface area contributed by atoms with Gasteiger partial charge in [-0.25, -0.2) is 0 Å². The predicted octanol–water partition coefficient (Wildman–Crippen LogP) is 2.41. The van der Waals surface area contributed by atoms with Gasteiger partial charge < -0.3 is 10.2 Å². The molecule has 1 saturated heterocycles. The van der Waals surface area contributed by atoms with Crippen molar-refractivity contribution in [3.8, 4) is 0 Å². The van der Waals surface area contributed by atoms with E-state index < -0.39 is 0 Å². The van der Waals surface area contributed by atoms with E-state index in [-0.39, 0.29) is 18.3 Å². The lowest BCUT2D eigenvalue weighted by molar-refractivity contribution is -0.132. The number of halogens is 2. The quantitative estimate of drug-likeness (QED) is 0.859. The van der Waals surface area contributed by atoms with Crippen LogP contribution in [0.5, 0.6) is 0 Å². The highest BCUT2D eigenvalue weighted by atomic mass is 35.5. The van der Waals surface area contributed by atoms with Crippen LogP contribution < -0.4 is 5.32 Å². The lowest BCUT2D eigenvalue weighted by Crippen LogP contribution is -2.47. The summed E-state index contributed by atoms with van der Waals surface area (Å²) >= 11 is 5.90. The number of carbonyl (C=O) groups excluding carboxylic acids is 1. The van der Waals surface area contributed by atoms with Crippen LogP contribution in [0.3, 0.4) is 0 Å². The van der Waals surface area contributed by atoms with Crippen LogP contribution in [-0.4, -0.2) is 55.0 Å². The van der Waals surface area contributed by atoms with E-state index in [9.17, 15) is 4.79 Å². The molecule has 1 aromatic rings. The number of nitrogens with one attached hydrogen (secondary N) is 1. The van der Waals surface area contributed by atoms with Gasteiger partial charge in [-0.05, 0) is 24.2 Å². The molecule has 4 nitrogen and oxygen atoms in total. The highest BCUT2D eigenvalue weighted by Crippen LogP contribution is 2.12. The van der Waals surface area contributed by atoms with E-state index in [1.165, 1.54) is 5.56 Å². The van der Waals surface area contributed by atoms with Crippen molar-refractivity contribution < 1.29 is 4.79 Å². The molecule has 0 bridgehead atoms. The molecule has 1 amide bonds. The number of rotatable bonds is 6. The SMILES string of the molecule is CCN(CCC(=O)N1CCNCC1)Cc1ccc(Cl)cc1.Cl.